The summed E-state index contributed by atoms with van der Waals surface area (Å²) in [5.74, 6) is 0. The first-order valence-corrected chi connectivity index (χ1v) is 7.34. The second-order valence-electron chi connectivity index (χ2n) is 6.28. The molecule has 1 amide bonds. The second kappa shape index (κ2) is 5.40. The molecule has 0 radical (unpaired) electrons. The summed E-state index contributed by atoms with van der Waals surface area (Å²) in [5, 5.41) is 0. The van der Waals surface area contributed by atoms with Crippen LogP contribution in [-0.4, -0.2) is 28.2 Å². The predicted molar refractivity (Wildman–Crippen MR) is 84.8 cm³/mol. The second-order valence-corrected chi connectivity index (χ2v) is 6.28. The zero-order chi connectivity index (χ0) is 15.7. The van der Waals surface area contributed by atoms with Gasteiger partial charge in [0.1, 0.15) is 5.60 Å². The average molecular weight is 297 g/mol. The van der Waals surface area contributed by atoms with Gasteiger partial charge in [-0.15, -0.1) is 0 Å². The van der Waals surface area contributed by atoms with Crippen molar-refractivity contribution < 1.29 is 9.53 Å². The van der Waals surface area contributed by atoms with E-state index in [1.165, 1.54) is 0 Å². The van der Waals surface area contributed by atoms with Gasteiger partial charge in [0.15, 0.2) is 0 Å². The van der Waals surface area contributed by atoms with Crippen LogP contribution >= 0.6 is 0 Å². The molecule has 0 saturated carbocycles. The number of amides is 1. The van der Waals surface area contributed by atoms with Crippen LogP contribution < -0.4 is 4.90 Å². The molecule has 0 unspecified atom stereocenters. The van der Waals surface area contributed by atoms with E-state index < -0.39 is 5.60 Å². The topological polar surface area (TPSA) is 55.3 Å². The minimum Gasteiger partial charge on any atom is -0.443 e. The summed E-state index contributed by atoms with van der Waals surface area (Å²) in [6.45, 7) is 6.20. The Morgan fingerprint density at radius 1 is 1.27 bits per heavy atom. The van der Waals surface area contributed by atoms with Gasteiger partial charge in [-0.05, 0) is 44.9 Å². The van der Waals surface area contributed by atoms with Crippen LogP contribution in [0.2, 0.25) is 0 Å². The minimum atomic E-state index is -0.508. The Morgan fingerprint density at radius 3 is 2.77 bits per heavy atom. The van der Waals surface area contributed by atoms with Crippen molar-refractivity contribution in [2.75, 3.05) is 11.4 Å². The maximum atomic E-state index is 12.3. The highest BCUT2D eigenvalue weighted by molar-refractivity contribution is 5.92. The fraction of sp³-hybridized carbons (Fsp3) is 0.353. The average Bonchev–Trinajstić information content (AvgIpc) is 2.90. The monoisotopic (exact) mass is 297 g/mol. The lowest BCUT2D eigenvalue weighted by molar-refractivity contribution is 0.0584. The lowest BCUT2D eigenvalue weighted by Gasteiger charge is -2.24. The number of pyridine rings is 2. The molecule has 0 bridgehead atoms. The molecule has 0 N–H and O–H groups in total. The van der Waals surface area contributed by atoms with E-state index in [1.54, 1.807) is 23.5 Å². The third-order valence-electron chi connectivity index (χ3n) is 3.47. The van der Waals surface area contributed by atoms with Crippen LogP contribution in [0.15, 0.2) is 36.8 Å². The number of ether oxygens (including phenoxy) is 1. The third-order valence-corrected chi connectivity index (χ3v) is 3.47. The van der Waals surface area contributed by atoms with Gasteiger partial charge in [0.05, 0.1) is 17.6 Å². The highest BCUT2D eigenvalue weighted by atomic mass is 16.6. The van der Waals surface area contributed by atoms with Crippen molar-refractivity contribution in [3.05, 3.63) is 42.4 Å². The number of hydrogen-bond acceptors (Lipinski definition) is 4. The predicted octanol–water partition coefficient (Wildman–Crippen LogP) is 3.44. The fourth-order valence-corrected chi connectivity index (χ4v) is 2.57. The number of aromatic nitrogens is 2. The van der Waals surface area contributed by atoms with Gasteiger partial charge in [-0.2, -0.15) is 0 Å². The van der Waals surface area contributed by atoms with Crippen molar-refractivity contribution in [1.29, 1.82) is 0 Å². The van der Waals surface area contributed by atoms with Crippen LogP contribution in [0.25, 0.3) is 11.3 Å². The third kappa shape index (κ3) is 2.79. The minimum absolute atomic E-state index is 0.328. The molecule has 0 atom stereocenters. The van der Waals surface area contributed by atoms with Crippen molar-refractivity contribution in [2.24, 2.45) is 0 Å². The molecule has 22 heavy (non-hydrogen) atoms. The van der Waals surface area contributed by atoms with E-state index in [2.05, 4.69) is 9.97 Å². The largest absolute Gasteiger partial charge is 0.443 e. The molecule has 3 rings (SSSR count). The molecule has 3 heterocycles. The first-order valence-electron chi connectivity index (χ1n) is 7.34. The molecule has 2 aromatic heterocycles. The Morgan fingerprint density at radius 2 is 2.09 bits per heavy atom. The highest BCUT2D eigenvalue weighted by Gasteiger charge is 2.30. The number of carbonyl (C=O) groups is 1. The van der Waals surface area contributed by atoms with Crippen molar-refractivity contribution in [3.8, 4) is 11.3 Å². The Bertz CT molecular complexity index is 693. The summed E-state index contributed by atoms with van der Waals surface area (Å²) >= 11 is 0. The first kappa shape index (κ1) is 14.5. The highest BCUT2D eigenvalue weighted by Crippen LogP contribution is 2.35. The summed E-state index contributed by atoms with van der Waals surface area (Å²) in [7, 11) is 0. The van der Waals surface area contributed by atoms with Gasteiger partial charge in [-0.3, -0.25) is 14.9 Å². The van der Waals surface area contributed by atoms with E-state index in [0.29, 0.717) is 6.54 Å². The van der Waals surface area contributed by atoms with Gasteiger partial charge in [0, 0.05) is 24.5 Å². The van der Waals surface area contributed by atoms with E-state index in [9.17, 15) is 4.79 Å². The smallest absolute Gasteiger partial charge is 0.414 e. The van der Waals surface area contributed by atoms with Gasteiger partial charge >= 0.3 is 6.09 Å². The van der Waals surface area contributed by atoms with Gasteiger partial charge in [0.25, 0.3) is 0 Å². The van der Waals surface area contributed by atoms with Crippen LogP contribution in [0.3, 0.4) is 0 Å². The first-order chi connectivity index (χ1) is 10.5. The van der Waals surface area contributed by atoms with E-state index in [1.807, 2.05) is 39.0 Å². The van der Waals surface area contributed by atoms with Gasteiger partial charge in [-0.25, -0.2) is 4.79 Å². The Balaban J connectivity index is 1.95. The standard InChI is InChI=1S/C17H19N3O2/c1-17(2,3)22-16(21)20-9-7-12-13(10-18-11-15(12)20)14-6-4-5-8-19-14/h4-6,8,10-11H,7,9H2,1-3H3. The number of anilines is 1. The van der Waals surface area contributed by atoms with Crippen LogP contribution in [0, 0.1) is 0 Å². The molecule has 0 saturated heterocycles. The maximum absolute atomic E-state index is 12.3. The number of hydrogen-bond donors (Lipinski definition) is 0. The number of nitrogens with zero attached hydrogens (tertiary/aromatic N) is 3. The van der Waals surface area contributed by atoms with Crippen molar-refractivity contribution in [1.82, 2.24) is 9.97 Å². The summed E-state index contributed by atoms with van der Waals surface area (Å²) in [6.07, 6.45) is 5.74. The number of carbonyl (C=O) groups excluding carboxylic acids is 1. The number of fused-ring (bicyclic) bond motifs is 1. The van der Waals surface area contributed by atoms with Crippen molar-refractivity contribution in [2.45, 2.75) is 32.8 Å². The zero-order valence-electron chi connectivity index (χ0n) is 13.0. The van der Waals surface area contributed by atoms with E-state index in [-0.39, 0.29) is 6.09 Å². The molecule has 0 fully saturated rings. The lowest BCUT2D eigenvalue weighted by Crippen LogP contribution is -2.35. The molecule has 1 aliphatic heterocycles. The van der Waals surface area contributed by atoms with Crippen molar-refractivity contribution in [3.63, 3.8) is 0 Å². The molecule has 1 aliphatic rings. The van der Waals surface area contributed by atoms with Gasteiger partial charge in [0.2, 0.25) is 0 Å². The molecule has 2 aromatic rings. The van der Waals surface area contributed by atoms with Crippen LogP contribution in [0.5, 0.6) is 0 Å². The normalized spacial score (nSPS) is 13.9. The Hall–Kier alpha value is -2.43. The van der Waals surface area contributed by atoms with Crippen molar-refractivity contribution >= 4 is 11.8 Å². The molecular weight excluding hydrogens is 278 g/mol. The fourth-order valence-electron chi connectivity index (χ4n) is 2.57. The SMILES string of the molecule is CC(C)(C)OC(=O)N1CCc2c(-c3ccccn3)cncc21. The molecule has 5 heteroatoms. The zero-order valence-corrected chi connectivity index (χ0v) is 13.0. The molecule has 5 nitrogen and oxygen atoms in total. The van der Waals surface area contributed by atoms with E-state index >= 15 is 0 Å². The molecule has 0 spiro atoms. The number of rotatable bonds is 1. The van der Waals surface area contributed by atoms with Gasteiger partial charge in [-0.1, -0.05) is 6.07 Å². The Kier molecular flexibility index (Phi) is 3.56. The molecule has 0 aromatic carbocycles. The maximum Gasteiger partial charge on any atom is 0.414 e. The van der Waals surface area contributed by atoms with E-state index in [4.69, 9.17) is 4.74 Å². The molecule has 0 aliphatic carbocycles. The quantitative estimate of drug-likeness (QED) is 0.809. The summed E-state index contributed by atoms with van der Waals surface area (Å²) in [5.41, 5.74) is 3.25. The van der Waals surface area contributed by atoms with Crippen LogP contribution in [0.1, 0.15) is 26.3 Å². The molecule has 114 valence electrons. The summed E-state index contributed by atoms with van der Waals surface area (Å²) in [6, 6.07) is 5.78. The van der Waals surface area contributed by atoms with Crippen LogP contribution in [0.4, 0.5) is 10.5 Å². The Labute approximate surface area is 130 Å². The summed E-state index contributed by atoms with van der Waals surface area (Å²) < 4.78 is 5.47. The van der Waals surface area contributed by atoms with E-state index in [0.717, 1.165) is 28.9 Å². The lowest BCUT2D eigenvalue weighted by atomic mass is 10.0. The summed E-state index contributed by atoms with van der Waals surface area (Å²) in [4.78, 5) is 22.6. The van der Waals surface area contributed by atoms with Gasteiger partial charge < -0.3 is 4.74 Å². The molecular formula is C17H19N3O2. The van der Waals surface area contributed by atoms with Crippen LogP contribution in [-0.2, 0) is 11.2 Å².